The van der Waals surface area contributed by atoms with E-state index >= 15 is 0 Å². The summed E-state index contributed by atoms with van der Waals surface area (Å²) in [6, 6.07) is 8.98. The Morgan fingerprint density at radius 3 is 2.34 bits per heavy atom. The third kappa shape index (κ3) is 8.20. The zero-order chi connectivity index (χ0) is 28.3. The maximum atomic E-state index is 13.3. The van der Waals surface area contributed by atoms with Crippen molar-refractivity contribution in [3.63, 3.8) is 0 Å². The minimum absolute atomic E-state index is 0.000293. The summed E-state index contributed by atoms with van der Waals surface area (Å²) in [5.74, 6) is -0.00436. The molecule has 0 bridgehead atoms. The Kier molecular flexibility index (Phi) is 8.79. The number of carbonyl (C=O) groups excluding carboxylic acids is 1. The fraction of sp³-hybridized carbons (Fsp3) is 0.462. The molecule has 1 aromatic carbocycles. The number of aromatic nitrogens is 1. The summed E-state index contributed by atoms with van der Waals surface area (Å²) in [6.07, 6.45) is -1.38. The Morgan fingerprint density at radius 2 is 1.76 bits per heavy atom. The van der Waals surface area contributed by atoms with E-state index in [-0.39, 0.29) is 66.0 Å². The molecule has 12 heteroatoms. The van der Waals surface area contributed by atoms with Gasteiger partial charge in [0.05, 0.1) is 10.5 Å². The number of carbonyl (C=O) groups is 1. The Bertz CT molecular complexity index is 1300. The Labute approximate surface area is 222 Å². The molecule has 0 unspecified atom stereocenters. The maximum absolute atomic E-state index is 13.3. The lowest BCUT2D eigenvalue weighted by Crippen LogP contribution is -2.40. The van der Waals surface area contributed by atoms with E-state index in [0.717, 1.165) is 0 Å². The van der Waals surface area contributed by atoms with E-state index in [0.29, 0.717) is 0 Å². The van der Waals surface area contributed by atoms with Crippen LogP contribution in [0.3, 0.4) is 0 Å². The van der Waals surface area contributed by atoms with Crippen LogP contribution in [0.5, 0.6) is 5.88 Å². The van der Waals surface area contributed by atoms with Gasteiger partial charge in [-0.2, -0.15) is 13.8 Å². The molecule has 2 heterocycles. The zero-order valence-corrected chi connectivity index (χ0v) is 23.1. The van der Waals surface area contributed by atoms with Gasteiger partial charge in [-0.25, -0.2) is 13.1 Å². The second-order valence-corrected chi connectivity index (χ2v) is 12.7. The van der Waals surface area contributed by atoms with Gasteiger partial charge in [0.25, 0.3) is 12.0 Å². The van der Waals surface area contributed by atoms with Crippen LogP contribution in [0.25, 0.3) is 0 Å². The van der Waals surface area contributed by atoms with Gasteiger partial charge >= 0.3 is 0 Å². The topological polar surface area (TPSA) is 127 Å². The molecule has 1 aliphatic rings. The van der Waals surface area contributed by atoms with Gasteiger partial charge in [-0.05, 0) is 77.3 Å². The number of amides is 1. The molecule has 4 N–H and O–H groups in total. The van der Waals surface area contributed by atoms with Crippen LogP contribution in [0.15, 0.2) is 52.9 Å². The second kappa shape index (κ2) is 11.3. The Hall–Kier alpha value is -3.09. The number of ether oxygens (including phenoxy) is 1. The van der Waals surface area contributed by atoms with Crippen molar-refractivity contribution in [3.05, 3.63) is 53.6 Å². The highest BCUT2D eigenvalue weighted by Crippen LogP contribution is 2.29. The van der Waals surface area contributed by atoms with Gasteiger partial charge in [0.2, 0.25) is 15.9 Å². The van der Waals surface area contributed by atoms with E-state index in [9.17, 15) is 22.0 Å². The molecular weight excluding hydrogens is 516 g/mol. The summed E-state index contributed by atoms with van der Waals surface area (Å²) in [7, 11) is -3.82. The van der Waals surface area contributed by atoms with Gasteiger partial charge in [0, 0.05) is 35.9 Å². The quantitative estimate of drug-likeness (QED) is 0.447. The van der Waals surface area contributed by atoms with Gasteiger partial charge in [-0.1, -0.05) is 6.07 Å². The zero-order valence-electron chi connectivity index (χ0n) is 22.3. The van der Waals surface area contributed by atoms with Gasteiger partial charge in [-0.3, -0.25) is 4.79 Å². The molecule has 1 aromatic heterocycles. The summed E-state index contributed by atoms with van der Waals surface area (Å²) in [4.78, 5) is 19.6. The lowest BCUT2D eigenvalue weighted by Gasteiger charge is -2.30. The predicted octanol–water partition coefficient (Wildman–Crippen LogP) is 4.28. The van der Waals surface area contributed by atoms with Gasteiger partial charge in [-0.15, -0.1) is 0 Å². The third-order valence-electron chi connectivity index (χ3n) is 5.46. The molecule has 0 aliphatic carbocycles. The molecule has 1 fully saturated rings. The third-order valence-corrected chi connectivity index (χ3v) is 7.22. The molecule has 3 rings (SSSR count). The highest BCUT2D eigenvalue weighted by molar-refractivity contribution is 7.89. The van der Waals surface area contributed by atoms with E-state index in [1.54, 1.807) is 51.7 Å². The summed E-state index contributed by atoms with van der Waals surface area (Å²) < 4.78 is 59.9. The summed E-state index contributed by atoms with van der Waals surface area (Å²) in [5.41, 5.74) is 5.25. The van der Waals surface area contributed by atoms with Crippen molar-refractivity contribution in [3.8, 4) is 5.88 Å². The van der Waals surface area contributed by atoms with Crippen LogP contribution in [0.2, 0.25) is 0 Å². The number of benzene rings is 1. The molecule has 9 nitrogen and oxygen atoms in total. The van der Waals surface area contributed by atoms with Gasteiger partial charge < -0.3 is 20.7 Å². The SMILES string of the molecule is CC(C)(N)COc1ccc(C(=O)Nc2cccc(S(=O)(=O)NC(C)(C)C)c2)c(N2CCC(=C(F)F)CC2)n1. The van der Waals surface area contributed by atoms with E-state index in [1.807, 2.05) is 0 Å². The number of pyridine rings is 1. The molecule has 2 aromatic rings. The number of piperidine rings is 1. The second-order valence-electron chi connectivity index (χ2n) is 11.0. The van der Waals surface area contributed by atoms with Crippen molar-refractivity contribution in [1.29, 1.82) is 0 Å². The van der Waals surface area contributed by atoms with Crippen LogP contribution in [-0.4, -0.2) is 50.1 Å². The van der Waals surface area contributed by atoms with E-state index in [4.69, 9.17) is 10.5 Å². The van der Waals surface area contributed by atoms with Crippen LogP contribution in [0, 0.1) is 0 Å². The number of nitrogens with zero attached hydrogens (tertiary/aromatic N) is 2. The highest BCUT2D eigenvalue weighted by Gasteiger charge is 2.26. The summed E-state index contributed by atoms with van der Waals surface area (Å²) in [6.45, 7) is 9.45. The number of nitrogens with two attached hydrogens (primary N) is 1. The number of nitrogens with one attached hydrogen (secondary N) is 2. The van der Waals surface area contributed by atoms with Crippen LogP contribution >= 0.6 is 0 Å². The molecule has 1 aliphatic heterocycles. The largest absolute Gasteiger partial charge is 0.476 e. The predicted molar refractivity (Wildman–Crippen MR) is 143 cm³/mol. The number of hydrogen-bond acceptors (Lipinski definition) is 7. The fourth-order valence-electron chi connectivity index (χ4n) is 3.77. The lowest BCUT2D eigenvalue weighted by molar-refractivity contribution is 0.102. The van der Waals surface area contributed by atoms with Crippen LogP contribution in [-0.2, 0) is 10.0 Å². The fourth-order valence-corrected chi connectivity index (χ4v) is 5.23. The van der Waals surface area contributed by atoms with Crippen molar-refractivity contribution >= 4 is 27.4 Å². The molecule has 0 spiro atoms. The first kappa shape index (κ1) is 29.5. The molecule has 1 saturated heterocycles. The van der Waals surface area contributed by atoms with Gasteiger partial charge in [0.1, 0.15) is 12.4 Å². The van der Waals surface area contributed by atoms with Crippen LogP contribution < -0.4 is 25.4 Å². The molecular formula is C26H35F2N5O4S. The number of hydrogen-bond donors (Lipinski definition) is 3. The first-order valence-corrected chi connectivity index (χ1v) is 13.7. The van der Waals surface area contributed by atoms with E-state index < -0.39 is 33.1 Å². The van der Waals surface area contributed by atoms with Crippen molar-refractivity contribution < 1.29 is 26.7 Å². The number of rotatable bonds is 8. The van der Waals surface area contributed by atoms with Gasteiger partial charge in [0.15, 0.2) is 0 Å². The molecule has 1 amide bonds. The normalized spacial score (nSPS) is 14.8. The Balaban J connectivity index is 1.90. The average molecular weight is 552 g/mol. The molecule has 0 atom stereocenters. The highest BCUT2D eigenvalue weighted by atomic mass is 32.2. The minimum atomic E-state index is -3.82. The van der Waals surface area contributed by atoms with Crippen LogP contribution in [0.1, 0.15) is 57.8 Å². The molecule has 38 heavy (non-hydrogen) atoms. The molecule has 0 saturated carbocycles. The Morgan fingerprint density at radius 1 is 1.11 bits per heavy atom. The van der Waals surface area contributed by atoms with Crippen molar-refractivity contribution in [2.75, 3.05) is 29.9 Å². The average Bonchev–Trinajstić information content (AvgIpc) is 2.81. The summed E-state index contributed by atoms with van der Waals surface area (Å²) in [5, 5.41) is 2.73. The monoisotopic (exact) mass is 551 g/mol. The van der Waals surface area contributed by atoms with Crippen molar-refractivity contribution in [1.82, 2.24) is 9.71 Å². The number of anilines is 2. The smallest absolute Gasteiger partial charge is 0.269 e. The van der Waals surface area contributed by atoms with E-state index in [2.05, 4.69) is 15.0 Å². The first-order chi connectivity index (χ1) is 17.5. The summed E-state index contributed by atoms with van der Waals surface area (Å²) >= 11 is 0. The van der Waals surface area contributed by atoms with Crippen LogP contribution in [0.4, 0.5) is 20.3 Å². The van der Waals surface area contributed by atoms with E-state index in [1.165, 1.54) is 24.3 Å². The first-order valence-electron chi connectivity index (χ1n) is 12.2. The number of halogens is 2. The van der Waals surface area contributed by atoms with Crippen molar-refractivity contribution in [2.24, 2.45) is 5.73 Å². The standard InChI is InChI=1S/C26H35F2N5O4S/c1-25(2,3)32-38(35,36)19-8-6-7-18(15-19)30-24(34)20-9-10-21(37-16-26(4,5)29)31-23(20)33-13-11-17(12-14-33)22(27)28/h6-10,15,32H,11-14,16,29H2,1-5H3,(H,30,34). The molecule has 0 radical (unpaired) electrons. The van der Waals surface area contributed by atoms with Crippen molar-refractivity contribution in [2.45, 2.75) is 63.4 Å². The molecule has 208 valence electrons. The number of sulfonamides is 1. The lowest BCUT2D eigenvalue weighted by atomic mass is 10.0. The maximum Gasteiger partial charge on any atom is 0.269 e. The minimum Gasteiger partial charge on any atom is -0.476 e.